The second-order valence-electron chi connectivity index (χ2n) is 3.70. The first-order valence-electron chi connectivity index (χ1n) is 4.05. The van der Waals surface area contributed by atoms with Gasteiger partial charge in [0, 0.05) is 18.5 Å². The summed E-state index contributed by atoms with van der Waals surface area (Å²) in [6.07, 6.45) is 1.50. The highest BCUT2D eigenvalue weighted by atomic mass is 16.4. The van der Waals surface area contributed by atoms with Crippen LogP contribution in [0, 0.1) is 5.41 Å². The molecule has 1 N–H and O–H groups in total. The van der Waals surface area contributed by atoms with E-state index in [1.165, 1.54) is 4.90 Å². The molecule has 1 aliphatic rings. The Bertz CT molecular complexity index is 161. The molecule has 1 heterocycles. The summed E-state index contributed by atoms with van der Waals surface area (Å²) in [5, 5.41) is 8.56. The summed E-state index contributed by atoms with van der Waals surface area (Å²) in [7, 11) is 0. The molecule has 0 bridgehead atoms. The Morgan fingerprint density at radius 2 is 2.18 bits per heavy atom. The smallest absolute Gasteiger partial charge is 0.407 e. The number of hydrogen-bond donors (Lipinski definition) is 1. The maximum atomic E-state index is 10.4. The van der Waals surface area contributed by atoms with Crippen molar-refractivity contribution in [2.75, 3.05) is 13.1 Å². The Hall–Kier alpha value is -0.730. The molecule has 0 unspecified atom stereocenters. The van der Waals surface area contributed by atoms with Gasteiger partial charge >= 0.3 is 6.09 Å². The van der Waals surface area contributed by atoms with Gasteiger partial charge in [0.05, 0.1) is 0 Å². The Kier molecular flexibility index (Phi) is 2.07. The van der Waals surface area contributed by atoms with E-state index in [-0.39, 0.29) is 5.41 Å². The molecule has 1 aliphatic heterocycles. The molecule has 64 valence electrons. The number of nitrogens with zero attached hydrogens (tertiary/aromatic N) is 1. The Labute approximate surface area is 67.0 Å². The topological polar surface area (TPSA) is 40.5 Å². The molecule has 1 saturated heterocycles. The fraction of sp³-hybridized carbons (Fsp3) is 0.875. The second-order valence-corrected chi connectivity index (χ2v) is 3.70. The summed E-state index contributed by atoms with van der Waals surface area (Å²) in [6.45, 7) is 5.72. The van der Waals surface area contributed by atoms with Gasteiger partial charge in [-0.1, -0.05) is 20.3 Å². The molecule has 3 heteroatoms. The van der Waals surface area contributed by atoms with Gasteiger partial charge in [0.25, 0.3) is 0 Å². The molecule has 1 amide bonds. The van der Waals surface area contributed by atoms with Crippen molar-refractivity contribution in [3.8, 4) is 0 Å². The minimum Gasteiger partial charge on any atom is -0.465 e. The zero-order valence-electron chi connectivity index (χ0n) is 7.13. The van der Waals surface area contributed by atoms with Gasteiger partial charge in [0.1, 0.15) is 0 Å². The molecule has 11 heavy (non-hydrogen) atoms. The molecule has 1 fully saturated rings. The van der Waals surface area contributed by atoms with E-state index in [0.717, 1.165) is 25.9 Å². The third kappa shape index (κ3) is 1.64. The van der Waals surface area contributed by atoms with E-state index in [1.807, 2.05) is 0 Å². The average molecular weight is 157 g/mol. The first-order valence-corrected chi connectivity index (χ1v) is 4.05. The lowest BCUT2D eigenvalue weighted by molar-refractivity contribution is 0.0169. The molecular weight excluding hydrogens is 142 g/mol. The number of carboxylic acid groups (broad SMARTS) is 1. The molecule has 0 radical (unpaired) electrons. The Morgan fingerprint density at radius 1 is 1.64 bits per heavy atom. The van der Waals surface area contributed by atoms with Crippen LogP contribution in [0.25, 0.3) is 0 Å². The molecule has 0 atom stereocenters. The number of likely N-dealkylation sites (tertiary alicyclic amines) is 1. The third-order valence-electron chi connectivity index (χ3n) is 2.27. The van der Waals surface area contributed by atoms with E-state index >= 15 is 0 Å². The minimum atomic E-state index is -0.779. The summed E-state index contributed by atoms with van der Waals surface area (Å²) >= 11 is 0. The summed E-state index contributed by atoms with van der Waals surface area (Å²) in [5.41, 5.74) is 0.271. The van der Waals surface area contributed by atoms with Crippen molar-refractivity contribution in [3.63, 3.8) is 0 Å². The van der Waals surface area contributed by atoms with Crippen LogP contribution in [-0.4, -0.2) is 29.2 Å². The standard InChI is InChI=1S/C8H15NO2/c1-3-4-8(2)5-9(6-8)7(10)11/h3-6H2,1-2H3,(H,10,11). The maximum absolute atomic E-state index is 10.4. The molecule has 0 aromatic heterocycles. The highest BCUT2D eigenvalue weighted by Crippen LogP contribution is 2.34. The summed E-state index contributed by atoms with van der Waals surface area (Å²) in [4.78, 5) is 11.9. The van der Waals surface area contributed by atoms with Crippen molar-refractivity contribution in [1.82, 2.24) is 4.90 Å². The molecule has 0 aromatic rings. The fourth-order valence-electron chi connectivity index (χ4n) is 1.77. The molecule has 0 saturated carbocycles. The minimum absolute atomic E-state index is 0.271. The van der Waals surface area contributed by atoms with Gasteiger partial charge in [-0.3, -0.25) is 0 Å². The lowest BCUT2D eigenvalue weighted by atomic mass is 9.78. The van der Waals surface area contributed by atoms with Crippen molar-refractivity contribution in [2.45, 2.75) is 26.7 Å². The maximum Gasteiger partial charge on any atom is 0.407 e. The van der Waals surface area contributed by atoms with Crippen molar-refractivity contribution in [2.24, 2.45) is 5.41 Å². The molecule has 0 spiro atoms. The summed E-state index contributed by atoms with van der Waals surface area (Å²) in [5.74, 6) is 0. The van der Waals surface area contributed by atoms with Crippen molar-refractivity contribution in [3.05, 3.63) is 0 Å². The molecule has 3 nitrogen and oxygen atoms in total. The van der Waals surface area contributed by atoms with Gasteiger partial charge in [0.15, 0.2) is 0 Å². The lowest BCUT2D eigenvalue weighted by Crippen LogP contribution is -2.56. The van der Waals surface area contributed by atoms with Crippen LogP contribution >= 0.6 is 0 Å². The Morgan fingerprint density at radius 3 is 2.55 bits per heavy atom. The van der Waals surface area contributed by atoms with E-state index in [4.69, 9.17) is 5.11 Å². The zero-order chi connectivity index (χ0) is 8.48. The Balaban J connectivity index is 2.31. The van der Waals surface area contributed by atoms with E-state index in [1.54, 1.807) is 0 Å². The van der Waals surface area contributed by atoms with E-state index < -0.39 is 6.09 Å². The monoisotopic (exact) mass is 157 g/mol. The first kappa shape index (κ1) is 8.37. The second kappa shape index (κ2) is 2.72. The number of rotatable bonds is 2. The number of hydrogen-bond acceptors (Lipinski definition) is 1. The van der Waals surface area contributed by atoms with Crippen LogP contribution < -0.4 is 0 Å². The SMILES string of the molecule is CCCC1(C)CN(C(=O)O)C1. The predicted molar refractivity (Wildman–Crippen MR) is 42.6 cm³/mol. The van der Waals surface area contributed by atoms with Crippen LogP contribution in [0.3, 0.4) is 0 Å². The number of amides is 1. The molecule has 0 aromatic carbocycles. The van der Waals surface area contributed by atoms with Gasteiger partial charge in [-0.2, -0.15) is 0 Å². The summed E-state index contributed by atoms with van der Waals surface area (Å²) in [6, 6.07) is 0. The van der Waals surface area contributed by atoms with Gasteiger partial charge in [-0.05, 0) is 6.42 Å². The van der Waals surface area contributed by atoms with Gasteiger partial charge in [-0.25, -0.2) is 4.79 Å². The normalized spacial score (nSPS) is 21.1. The third-order valence-corrected chi connectivity index (χ3v) is 2.27. The lowest BCUT2D eigenvalue weighted by Gasteiger charge is -2.46. The molecule has 1 rings (SSSR count). The van der Waals surface area contributed by atoms with Crippen LogP contribution in [0.1, 0.15) is 26.7 Å². The van der Waals surface area contributed by atoms with Crippen LogP contribution in [0.4, 0.5) is 4.79 Å². The van der Waals surface area contributed by atoms with Crippen molar-refractivity contribution in [1.29, 1.82) is 0 Å². The van der Waals surface area contributed by atoms with Crippen molar-refractivity contribution < 1.29 is 9.90 Å². The van der Waals surface area contributed by atoms with Crippen molar-refractivity contribution >= 4 is 6.09 Å². The van der Waals surface area contributed by atoms with E-state index in [2.05, 4.69) is 13.8 Å². The van der Waals surface area contributed by atoms with Crippen LogP contribution in [-0.2, 0) is 0 Å². The van der Waals surface area contributed by atoms with Crippen LogP contribution in [0.2, 0.25) is 0 Å². The fourth-order valence-corrected chi connectivity index (χ4v) is 1.77. The largest absolute Gasteiger partial charge is 0.465 e. The predicted octanol–water partition coefficient (Wildman–Crippen LogP) is 1.79. The number of carbonyl (C=O) groups is 1. The summed E-state index contributed by atoms with van der Waals surface area (Å²) < 4.78 is 0. The van der Waals surface area contributed by atoms with E-state index in [9.17, 15) is 4.79 Å². The quantitative estimate of drug-likeness (QED) is 0.663. The van der Waals surface area contributed by atoms with E-state index in [0.29, 0.717) is 0 Å². The highest BCUT2D eigenvalue weighted by Gasteiger charge is 2.40. The van der Waals surface area contributed by atoms with Gasteiger partial charge < -0.3 is 10.0 Å². The molecular formula is C8H15NO2. The molecule has 0 aliphatic carbocycles. The highest BCUT2D eigenvalue weighted by molar-refractivity contribution is 5.66. The van der Waals surface area contributed by atoms with Crippen LogP contribution in [0.15, 0.2) is 0 Å². The van der Waals surface area contributed by atoms with Crippen LogP contribution in [0.5, 0.6) is 0 Å². The van der Waals surface area contributed by atoms with Gasteiger partial charge in [-0.15, -0.1) is 0 Å². The first-order chi connectivity index (χ1) is 5.07. The van der Waals surface area contributed by atoms with Gasteiger partial charge in [0.2, 0.25) is 0 Å². The zero-order valence-corrected chi connectivity index (χ0v) is 7.13. The average Bonchev–Trinajstić information content (AvgIpc) is 1.82.